The van der Waals surface area contributed by atoms with Crippen LogP contribution < -0.4 is 5.73 Å². The van der Waals surface area contributed by atoms with Gasteiger partial charge >= 0.3 is 0 Å². The molecule has 14 heavy (non-hydrogen) atoms. The number of hydrazone groups is 2. The Hall–Kier alpha value is -0.780. The molecule has 0 bridgehead atoms. The van der Waals surface area contributed by atoms with E-state index in [4.69, 9.17) is 5.73 Å². The first-order valence-electron chi connectivity index (χ1n) is 3.72. The molecule has 6 nitrogen and oxygen atoms in total. The van der Waals surface area contributed by atoms with Crippen molar-refractivity contribution in [3.63, 3.8) is 0 Å². The molecule has 0 fully saturated rings. The molecule has 8 heteroatoms. The van der Waals surface area contributed by atoms with E-state index in [1.807, 2.05) is 0 Å². The van der Waals surface area contributed by atoms with Crippen LogP contribution in [0, 0.1) is 0 Å². The number of nitrogens with two attached hydrogens (primary N) is 1. The van der Waals surface area contributed by atoms with E-state index in [1.165, 1.54) is 12.2 Å². The van der Waals surface area contributed by atoms with E-state index < -0.39 is 0 Å². The largest absolute Gasteiger partial charge is 0.330 e. The quantitative estimate of drug-likeness (QED) is 0.211. The van der Waals surface area contributed by atoms with E-state index in [2.05, 4.69) is 10.2 Å². The highest BCUT2D eigenvalue weighted by Crippen LogP contribution is 2.19. The maximum Gasteiger partial charge on any atom is 0.260 e. The van der Waals surface area contributed by atoms with Crippen molar-refractivity contribution in [1.82, 2.24) is 5.12 Å². The van der Waals surface area contributed by atoms with Crippen LogP contribution in [0.1, 0.15) is 0 Å². The van der Waals surface area contributed by atoms with Gasteiger partial charge in [0, 0.05) is 18.1 Å². The molecule has 0 aliphatic carbocycles. The van der Waals surface area contributed by atoms with E-state index in [0.717, 1.165) is 10.9 Å². The predicted molar refractivity (Wildman–Crippen MR) is 56.9 cm³/mol. The smallest absolute Gasteiger partial charge is 0.260 e. The zero-order chi connectivity index (χ0) is 10.6. The summed E-state index contributed by atoms with van der Waals surface area (Å²) in [4.78, 5) is 19.7. The summed E-state index contributed by atoms with van der Waals surface area (Å²) in [7, 11) is 3.19. The molecule has 0 aliphatic heterocycles. The van der Waals surface area contributed by atoms with Crippen molar-refractivity contribution in [2.45, 2.75) is 0 Å². The fraction of sp³-hybridized carbons (Fsp3) is 0.667. The average molecular weight is 234 g/mol. The van der Waals surface area contributed by atoms with Gasteiger partial charge in [-0.2, -0.15) is 5.12 Å². The molecule has 0 aromatic rings. The van der Waals surface area contributed by atoms with E-state index in [-0.39, 0.29) is 0 Å². The Kier molecular flexibility index (Phi) is 9.73. The molecule has 0 aliphatic rings. The van der Waals surface area contributed by atoms with Gasteiger partial charge in [-0.25, -0.2) is 9.59 Å². The van der Waals surface area contributed by atoms with Gasteiger partial charge in [-0.05, 0) is 0 Å². The van der Waals surface area contributed by atoms with Gasteiger partial charge in [0.2, 0.25) is 0 Å². The lowest BCUT2D eigenvalue weighted by Crippen LogP contribution is -2.13. The summed E-state index contributed by atoms with van der Waals surface area (Å²) >= 11 is 0. The van der Waals surface area contributed by atoms with Crippen LogP contribution >= 0.6 is 21.6 Å². The van der Waals surface area contributed by atoms with Crippen molar-refractivity contribution >= 4 is 33.7 Å². The molecule has 0 spiro atoms. The minimum atomic E-state index is 0.368. The molecule has 0 heterocycles. The maximum atomic E-state index is 9.87. The Morgan fingerprint density at radius 3 is 2.21 bits per heavy atom. The summed E-state index contributed by atoms with van der Waals surface area (Å²) in [6.45, 7) is 0.993. The highest BCUT2D eigenvalue weighted by atomic mass is 33.1. The first kappa shape index (κ1) is 13.2. The summed E-state index contributed by atoms with van der Waals surface area (Å²) in [5.41, 5.74) is 5.28. The van der Waals surface area contributed by atoms with Gasteiger partial charge in [-0.3, -0.25) is 0 Å². The minimum Gasteiger partial charge on any atom is -0.330 e. The highest BCUT2D eigenvalue weighted by Gasteiger charge is 1.98. The summed E-state index contributed by atoms with van der Waals surface area (Å²) in [5.74, 6) is 1.54. The first-order chi connectivity index (χ1) is 6.85. The first-order valence-corrected chi connectivity index (χ1v) is 6.21. The van der Waals surface area contributed by atoms with Crippen LogP contribution in [0.5, 0.6) is 0 Å². The number of nitrogens with zero attached hydrogens (tertiary/aromatic N) is 3. The molecular formula is C6H10N4O2S2. The molecule has 0 rings (SSSR count). The maximum absolute atomic E-state index is 9.87. The number of hydrogen-bond donors (Lipinski definition) is 1. The Balaban J connectivity index is 3.61. The molecule has 0 radical (unpaired) electrons. The number of isocyanates is 2. The molecule has 0 unspecified atom stereocenters. The number of carbonyl (C=O) groups excluding carboxylic acids is 2. The second kappa shape index (κ2) is 10.3. The van der Waals surface area contributed by atoms with E-state index in [0.29, 0.717) is 18.8 Å². The molecule has 2 N–H and O–H groups in total. The van der Waals surface area contributed by atoms with Gasteiger partial charge in [0.25, 0.3) is 12.2 Å². The lowest BCUT2D eigenvalue weighted by Gasteiger charge is -2.06. The van der Waals surface area contributed by atoms with Gasteiger partial charge in [-0.1, -0.05) is 31.8 Å². The topological polar surface area (TPSA) is 88.1 Å². The fourth-order valence-electron chi connectivity index (χ4n) is 0.501. The van der Waals surface area contributed by atoms with E-state index >= 15 is 0 Å². The third kappa shape index (κ3) is 7.85. The van der Waals surface area contributed by atoms with Crippen molar-refractivity contribution in [2.24, 2.45) is 15.9 Å². The van der Waals surface area contributed by atoms with Crippen molar-refractivity contribution in [3.05, 3.63) is 0 Å². The molecular weight excluding hydrogens is 224 g/mol. The van der Waals surface area contributed by atoms with Crippen LogP contribution in [0.15, 0.2) is 10.2 Å². The second-order valence-corrected chi connectivity index (χ2v) is 4.61. The lowest BCUT2D eigenvalue weighted by atomic mass is 10.8. The SMILES string of the molecule is NCCSSCCN(N=C=O)N=C=O. The zero-order valence-electron chi connectivity index (χ0n) is 7.38. The summed E-state index contributed by atoms with van der Waals surface area (Å²) in [6.07, 6.45) is 2.59. The van der Waals surface area contributed by atoms with Crippen molar-refractivity contribution < 1.29 is 9.59 Å². The summed E-state index contributed by atoms with van der Waals surface area (Å²) in [5, 5.41) is 7.32. The molecule has 0 atom stereocenters. The van der Waals surface area contributed by atoms with Crippen molar-refractivity contribution in [3.8, 4) is 0 Å². The van der Waals surface area contributed by atoms with Crippen LogP contribution in [0.4, 0.5) is 0 Å². The van der Waals surface area contributed by atoms with Crippen LogP contribution in [0.25, 0.3) is 0 Å². The van der Waals surface area contributed by atoms with Gasteiger partial charge < -0.3 is 5.73 Å². The average Bonchev–Trinajstić information content (AvgIpc) is 2.18. The highest BCUT2D eigenvalue weighted by molar-refractivity contribution is 8.76. The zero-order valence-corrected chi connectivity index (χ0v) is 9.01. The number of hydrogen-bond acceptors (Lipinski definition) is 8. The van der Waals surface area contributed by atoms with Crippen molar-refractivity contribution in [1.29, 1.82) is 0 Å². The monoisotopic (exact) mass is 234 g/mol. The second-order valence-electron chi connectivity index (χ2n) is 1.91. The summed E-state index contributed by atoms with van der Waals surface area (Å²) < 4.78 is 0. The Labute approximate surface area is 89.4 Å². The fourth-order valence-corrected chi connectivity index (χ4v) is 2.29. The summed E-state index contributed by atoms with van der Waals surface area (Å²) in [6, 6.07) is 0. The van der Waals surface area contributed by atoms with E-state index in [1.54, 1.807) is 21.6 Å². The molecule has 78 valence electrons. The third-order valence-electron chi connectivity index (χ3n) is 0.972. The Bertz CT molecular complexity index is 220. The van der Waals surface area contributed by atoms with Crippen LogP contribution in [0.3, 0.4) is 0 Å². The van der Waals surface area contributed by atoms with Crippen LogP contribution in [0.2, 0.25) is 0 Å². The van der Waals surface area contributed by atoms with Crippen LogP contribution in [-0.2, 0) is 9.59 Å². The third-order valence-corrected chi connectivity index (χ3v) is 3.39. The Morgan fingerprint density at radius 2 is 1.71 bits per heavy atom. The minimum absolute atomic E-state index is 0.368. The van der Waals surface area contributed by atoms with Crippen LogP contribution in [-0.4, -0.2) is 41.9 Å². The molecule has 0 aromatic heterocycles. The van der Waals surface area contributed by atoms with Gasteiger partial charge in [0.15, 0.2) is 0 Å². The molecule has 0 aromatic carbocycles. The normalized spacial score (nSPS) is 8.64. The molecule has 0 saturated heterocycles. The van der Waals surface area contributed by atoms with Gasteiger partial charge in [0.05, 0.1) is 6.54 Å². The van der Waals surface area contributed by atoms with Gasteiger partial charge in [-0.15, -0.1) is 0 Å². The van der Waals surface area contributed by atoms with E-state index in [9.17, 15) is 9.59 Å². The van der Waals surface area contributed by atoms with Gasteiger partial charge in [0.1, 0.15) is 0 Å². The Morgan fingerprint density at radius 1 is 1.14 bits per heavy atom. The lowest BCUT2D eigenvalue weighted by molar-refractivity contribution is 0.319. The molecule has 0 saturated carbocycles. The standard InChI is InChI=1S/C6H10N4O2S2/c7-1-3-13-14-4-2-10(8-5-11)9-6-12/h1-4,7H2. The molecule has 0 amide bonds. The number of rotatable bonds is 8. The van der Waals surface area contributed by atoms with Crippen molar-refractivity contribution in [2.75, 3.05) is 24.6 Å². The predicted octanol–water partition coefficient (Wildman–Crippen LogP) is 0.130.